The van der Waals surface area contributed by atoms with Crippen LogP contribution in [0.3, 0.4) is 0 Å². The van der Waals surface area contributed by atoms with Gasteiger partial charge in [-0.1, -0.05) is 6.58 Å². The van der Waals surface area contributed by atoms with Crippen LogP contribution in [-0.2, 0) is 18.6 Å². The summed E-state index contributed by atoms with van der Waals surface area (Å²) >= 11 is 0. The lowest BCUT2D eigenvalue weighted by atomic mass is 10.4. The maximum Gasteiger partial charge on any atom is 0.469 e. The number of aliphatic hydroxyl groups excluding tert-OH is 1. The Balaban J connectivity index is 0. The molecule has 0 aliphatic rings. The van der Waals surface area contributed by atoms with E-state index in [0.29, 0.717) is 5.57 Å². The van der Waals surface area contributed by atoms with Crippen LogP contribution in [0, 0.1) is 0 Å². The summed E-state index contributed by atoms with van der Waals surface area (Å²) in [7, 11) is -4.17. The molecule has 0 aromatic rings. The van der Waals surface area contributed by atoms with Crippen molar-refractivity contribution >= 4 is 13.8 Å². The lowest BCUT2D eigenvalue weighted by Gasteiger charge is -1.99. The minimum Gasteiger partial charge on any atom is -0.460 e. The molecule has 0 rings (SSSR count). The van der Waals surface area contributed by atoms with E-state index >= 15 is 0 Å². The number of ether oxygens (including phenoxy) is 1. The zero-order valence-electron chi connectivity index (χ0n) is 9.25. The molecule has 0 unspecified atom stereocenters. The van der Waals surface area contributed by atoms with E-state index in [4.69, 9.17) is 14.9 Å². The summed E-state index contributed by atoms with van der Waals surface area (Å²) in [5.74, 6) is -0.455. The average Bonchev–Trinajstić information content (AvgIpc) is 2.13. The highest BCUT2D eigenvalue weighted by atomic mass is 31.2. The molecule has 0 bridgehead atoms. The molecule has 0 amide bonds. The zero-order chi connectivity index (χ0) is 13.2. The van der Waals surface area contributed by atoms with Gasteiger partial charge in [0, 0.05) is 5.57 Å². The van der Waals surface area contributed by atoms with Crippen LogP contribution in [0.25, 0.3) is 0 Å². The summed E-state index contributed by atoms with van der Waals surface area (Å²) in [6.45, 7) is 6.37. The third-order valence-electron chi connectivity index (χ3n) is 0.970. The van der Waals surface area contributed by atoms with E-state index in [9.17, 15) is 9.36 Å². The van der Waals surface area contributed by atoms with Gasteiger partial charge in [-0.15, -0.1) is 0 Å². The first-order valence-electron chi connectivity index (χ1n) is 4.38. The van der Waals surface area contributed by atoms with Crippen molar-refractivity contribution in [1.82, 2.24) is 0 Å². The van der Waals surface area contributed by atoms with Crippen LogP contribution in [0.2, 0.25) is 0 Å². The summed E-state index contributed by atoms with van der Waals surface area (Å²) in [4.78, 5) is 26.3. The van der Waals surface area contributed by atoms with E-state index in [1.54, 1.807) is 6.92 Å². The van der Waals surface area contributed by atoms with E-state index in [2.05, 4.69) is 15.8 Å². The number of aliphatic hydroxyl groups is 1. The Kier molecular flexibility index (Phi) is 10.5. The van der Waals surface area contributed by atoms with Crippen molar-refractivity contribution in [1.29, 1.82) is 0 Å². The summed E-state index contributed by atoms with van der Waals surface area (Å²) in [5.41, 5.74) is 0.350. The molecule has 16 heavy (non-hydrogen) atoms. The Labute approximate surface area is 93.9 Å². The molecule has 3 N–H and O–H groups in total. The van der Waals surface area contributed by atoms with Gasteiger partial charge in [0.1, 0.15) is 6.61 Å². The lowest BCUT2D eigenvalue weighted by Crippen LogP contribution is -2.08. The van der Waals surface area contributed by atoms with Crippen LogP contribution in [-0.4, -0.2) is 40.7 Å². The molecule has 0 aliphatic carbocycles. The van der Waals surface area contributed by atoms with Crippen molar-refractivity contribution in [3.8, 4) is 0 Å². The summed E-state index contributed by atoms with van der Waals surface area (Å²) in [6, 6.07) is 0. The predicted octanol–water partition coefficient (Wildman–Crippen LogP) is 0.214. The Bertz CT molecular complexity index is 257. The number of rotatable bonds is 5. The normalized spacial score (nSPS) is 10.1. The van der Waals surface area contributed by atoms with Gasteiger partial charge in [-0.3, -0.25) is 4.52 Å². The van der Waals surface area contributed by atoms with Crippen molar-refractivity contribution in [3.05, 3.63) is 12.2 Å². The van der Waals surface area contributed by atoms with Crippen LogP contribution in [0.5, 0.6) is 0 Å². The Morgan fingerprint density at radius 2 is 1.94 bits per heavy atom. The second kappa shape index (κ2) is 9.50. The number of phosphoric acid groups is 1. The zero-order valence-corrected chi connectivity index (χ0v) is 10.1. The number of phosphoric ester groups is 1. The van der Waals surface area contributed by atoms with Gasteiger partial charge in [-0.25, -0.2) is 9.36 Å². The molecule has 8 heteroatoms. The van der Waals surface area contributed by atoms with Crippen molar-refractivity contribution in [3.63, 3.8) is 0 Å². The Hall–Kier alpha value is -0.720. The summed E-state index contributed by atoms with van der Waals surface area (Å²) in [6.07, 6.45) is 0. The van der Waals surface area contributed by atoms with Gasteiger partial charge in [-0.05, 0) is 13.8 Å². The maximum atomic E-state index is 10.5. The molecule has 0 heterocycles. The number of esters is 1. The van der Waals surface area contributed by atoms with Gasteiger partial charge in [0.25, 0.3) is 0 Å². The first-order valence-corrected chi connectivity index (χ1v) is 5.91. The molecule has 0 atom stereocenters. The third kappa shape index (κ3) is 15.7. The van der Waals surface area contributed by atoms with Crippen molar-refractivity contribution in [2.75, 3.05) is 19.8 Å². The highest BCUT2D eigenvalue weighted by Crippen LogP contribution is 2.34. The van der Waals surface area contributed by atoms with Crippen LogP contribution in [0.15, 0.2) is 12.2 Å². The SMILES string of the molecule is C=C(C)C(=O)OCCO.CCOP(=O)(O)O. The van der Waals surface area contributed by atoms with E-state index < -0.39 is 13.8 Å². The smallest absolute Gasteiger partial charge is 0.460 e. The molecule has 0 aromatic carbocycles. The second-order valence-electron chi connectivity index (χ2n) is 2.55. The van der Waals surface area contributed by atoms with Crippen molar-refractivity contribution in [2.45, 2.75) is 13.8 Å². The van der Waals surface area contributed by atoms with E-state index in [0.717, 1.165) is 0 Å². The molecule has 96 valence electrons. The lowest BCUT2D eigenvalue weighted by molar-refractivity contribution is -0.139. The molecule has 0 spiro atoms. The maximum absolute atomic E-state index is 10.5. The highest BCUT2D eigenvalue weighted by molar-refractivity contribution is 7.46. The average molecular weight is 256 g/mol. The third-order valence-corrected chi connectivity index (χ3v) is 1.56. The fourth-order valence-electron chi connectivity index (χ4n) is 0.430. The van der Waals surface area contributed by atoms with E-state index in [-0.39, 0.29) is 19.8 Å². The van der Waals surface area contributed by atoms with Crippen LogP contribution in [0.4, 0.5) is 0 Å². The van der Waals surface area contributed by atoms with Crippen LogP contribution < -0.4 is 0 Å². The number of hydrogen-bond donors (Lipinski definition) is 3. The largest absolute Gasteiger partial charge is 0.469 e. The summed E-state index contributed by atoms with van der Waals surface area (Å²) in [5, 5.41) is 8.19. The molecule has 0 aliphatic heterocycles. The second-order valence-corrected chi connectivity index (χ2v) is 3.79. The first kappa shape index (κ1) is 17.7. The van der Waals surface area contributed by atoms with Gasteiger partial charge in [0.2, 0.25) is 0 Å². The number of carbonyl (C=O) groups is 1. The van der Waals surface area contributed by atoms with Gasteiger partial charge < -0.3 is 19.6 Å². The predicted molar refractivity (Wildman–Crippen MR) is 56.5 cm³/mol. The van der Waals surface area contributed by atoms with E-state index in [1.807, 2.05) is 0 Å². The topological polar surface area (TPSA) is 113 Å². The monoisotopic (exact) mass is 256 g/mol. The minimum atomic E-state index is -4.17. The van der Waals surface area contributed by atoms with Crippen molar-refractivity contribution in [2.24, 2.45) is 0 Å². The first-order chi connectivity index (χ1) is 7.24. The quantitative estimate of drug-likeness (QED) is 0.366. The number of hydrogen-bond acceptors (Lipinski definition) is 5. The molecule has 7 nitrogen and oxygen atoms in total. The molecule has 0 saturated carbocycles. The molecule has 0 radical (unpaired) electrons. The molecule has 0 aromatic heterocycles. The van der Waals surface area contributed by atoms with Gasteiger partial charge in [0.15, 0.2) is 0 Å². The minimum absolute atomic E-state index is 0.0459. The van der Waals surface area contributed by atoms with Crippen molar-refractivity contribution < 1.29 is 33.5 Å². The van der Waals surface area contributed by atoms with Crippen LogP contribution >= 0.6 is 7.82 Å². The van der Waals surface area contributed by atoms with Crippen LogP contribution in [0.1, 0.15) is 13.8 Å². The fraction of sp³-hybridized carbons (Fsp3) is 0.625. The highest BCUT2D eigenvalue weighted by Gasteiger charge is 2.10. The fourth-order valence-corrected chi connectivity index (χ4v) is 0.766. The summed E-state index contributed by atoms with van der Waals surface area (Å²) < 4.78 is 18.1. The van der Waals surface area contributed by atoms with Gasteiger partial charge >= 0.3 is 13.8 Å². The molecular weight excluding hydrogens is 239 g/mol. The van der Waals surface area contributed by atoms with Gasteiger partial charge in [0.05, 0.1) is 13.2 Å². The Morgan fingerprint density at radius 1 is 1.44 bits per heavy atom. The molecule has 0 fully saturated rings. The van der Waals surface area contributed by atoms with E-state index in [1.165, 1.54) is 6.92 Å². The molecular formula is C8H17O7P. The standard InChI is InChI=1S/C6H10O3.C2H7O4P/c1-5(2)6(8)9-4-3-7;1-2-6-7(3,4)5/h7H,1,3-4H2,2H3;2H2,1H3,(H2,3,4,5). The Morgan fingerprint density at radius 3 is 2.12 bits per heavy atom. The van der Waals surface area contributed by atoms with Gasteiger partial charge in [-0.2, -0.15) is 0 Å². The molecule has 0 saturated heterocycles. The number of carbonyl (C=O) groups excluding carboxylic acids is 1.